The van der Waals surface area contributed by atoms with Gasteiger partial charge in [0.15, 0.2) is 30.5 Å². The number of carbonyl (C=O) groups is 6. The SMILES string of the molecule is CC(=O)OC[C@H]1O[C@H](O[C@H]2O[C@H](CO[Si](c3ccccc3)(c3ccccc3)C(C)(C)C)[C@@H](O)[C@H](OC(C)=O)[C@H]2OC(C)=O)[C@H](OC(C)=O)[C@@H](OC(C)=O)[C@@H]1OC(C)=O. The van der Waals surface area contributed by atoms with Gasteiger partial charge in [0.05, 0.1) is 6.61 Å². The fourth-order valence-corrected chi connectivity index (χ4v) is 11.7. The van der Waals surface area contributed by atoms with Gasteiger partial charge in [-0.3, -0.25) is 28.8 Å². The highest BCUT2D eigenvalue weighted by molar-refractivity contribution is 6.99. The van der Waals surface area contributed by atoms with Crippen LogP contribution in [0.3, 0.4) is 0 Å². The van der Waals surface area contributed by atoms with Crippen LogP contribution in [-0.2, 0) is 75.8 Å². The molecule has 0 bridgehead atoms. The summed E-state index contributed by atoms with van der Waals surface area (Å²) in [4.78, 5) is 74.2. The van der Waals surface area contributed by atoms with E-state index in [1.807, 2.05) is 81.4 Å². The van der Waals surface area contributed by atoms with E-state index in [2.05, 4.69) is 0 Å². The zero-order valence-electron chi connectivity index (χ0n) is 33.9. The molecular weight excluding hydrogens is 781 g/mol. The van der Waals surface area contributed by atoms with Crippen LogP contribution in [0.5, 0.6) is 0 Å². The Morgan fingerprint density at radius 2 is 0.948 bits per heavy atom. The highest BCUT2D eigenvalue weighted by Crippen LogP contribution is 2.39. The second kappa shape index (κ2) is 19.8. The van der Waals surface area contributed by atoms with Gasteiger partial charge < -0.3 is 52.2 Å². The predicted octanol–water partition coefficient (Wildman–Crippen LogP) is 1.61. The van der Waals surface area contributed by atoms with Crippen molar-refractivity contribution in [2.75, 3.05) is 13.2 Å². The Kier molecular flexibility index (Phi) is 15.7. The van der Waals surface area contributed by atoms with Crippen LogP contribution in [0.2, 0.25) is 5.04 Å². The Balaban J connectivity index is 1.82. The Morgan fingerprint density at radius 1 is 0.552 bits per heavy atom. The quantitative estimate of drug-likeness (QED) is 0.163. The molecule has 0 spiro atoms. The molecule has 58 heavy (non-hydrogen) atoms. The van der Waals surface area contributed by atoms with Crippen molar-refractivity contribution < 1.29 is 80.9 Å². The number of hydrogen-bond acceptors (Lipinski definition) is 17. The van der Waals surface area contributed by atoms with Gasteiger partial charge in [0, 0.05) is 41.5 Å². The molecular formula is C40H52O17Si. The van der Waals surface area contributed by atoms with E-state index in [1.54, 1.807) is 0 Å². The molecule has 2 saturated heterocycles. The second-order valence-electron chi connectivity index (χ2n) is 14.9. The molecule has 318 valence electrons. The number of carbonyl (C=O) groups excluding carboxylic acids is 6. The molecule has 4 rings (SSSR count). The molecule has 2 aliphatic heterocycles. The van der Waals surface area contributed by atoms with Gasteiger partial charge in [-0.15, -0.1) is 0 Å². The Hall–Kier alpha value is -4.72. The van der Waals surface area contributed by atoms with E-state index in [-0.39, 0.29) is 6.61 Å². The lowest BCUT2D eigenvalue weighted by molar-refractivity contribution is -0.377. The number of aliphatic hydroxyl groups is 1. The molecule has 2 heterocycles. The first-order valence-corrected chi connectivity index (χ1v) is 20.5. The summed E-state index contributed by atoms with van der Waals surface area (Å²) in [6, 6.07) is 19.3. The maximum absolute atomic E-state index is 12.6. The van der Waals surface area contributed by atoms with Crippen LogP contribution in [0.15, 0.2) is 60.7 Å². The smallest absolute Gasteiger partial charge is 0.303 e. The monoisotopic (exact) mass is 832 g/mol. The van der Waals surface area contributed by atoms with Crippen LogP contribution in [0.25, 0.3) is 0 Å². The zero-order valence-corrected chi connectivity index (χ0v) is 34.9. The number of aliphatic hydroxyl groups excluding tert-OH is 1. The molecule has 0 amide bonds. The van der Waals surface area contributed by atoms with Gasteiger partial charge in [-0.05, 0) is 15.4 Å². The maximum Gasteiger partial charge on any atom is 0.303 e. The standard InChI is InChI=1S/C40H52O17Si/c1-22(41)48-20-31-33(50-23(2)42)35(52-25(4)44)37(54-27(6)46)39(56-31)57-38-36(53-26(5)45)34(51-24(3)43)32(47)30(55-38)21-49-58(40(7,8)9,28-16-12-10-13-17-28)29-18-14-11-15-19-29/h10-19,30-39,47H,20-21H2,1-9H3/t30-,31-,32-,33-,34+,35+,36-,37-,38-,39-/m1/s1. The van der Waals surface area contributed by atoms with Crippen LogP contribution in [0, 0.1) is 0 Å². The highest BCUT2D eigenvalue weighted by Gasteiger charge is 2.58. The fourth-order valence-electron chi connectivity index (χ4n) is 7.18. The second-order valence-corrected chi connectivity index (χ2v) is 19.2. The van der Waals surface area contributed by atoms with Crippen molar-refractivity contribution in [3.63, 3.8) is 0 Å². The van der Waals surface area contributed by atoms with Crippen molar-refractivity contribution in [3.8, 4) is 0 Å². The first-order valence-electron chi connectivity index (χ1n) is 18.6. The fraction of sp³-hybridized carbons (Fsp3) is 0.550. The van der Waals surface area contributed by atoms with Crippen LogP contribution >= 0.6 is 0 Å². The van der Waals surface area contributed by atoms with Crippen molar-refractivity contribution in [1.29, 1.82) is 0 Å². The molecule has 0 saturated carbocycles. The van der Waals surface area contributed by atoms with E-state index in [9.17, 15) is 33.9 Å². The molecule has 2 aromatic rings. The van der Waals surface area contributed by atoms with E-state index < -0.39 is 117 Å². The third-order valence-electron chi connectivity index (χ3n) is 9.32. The van der Waals surface area contributed by atoms with Crippen molar-refractivity contribution in [2.45, 2.75) is 129 Å². The van der Waals surface area contributed by atoms with Gasteiger partial charge in [-0.2, -0.15) is 0 Å². The minimum Gasteiger partial charge on any atom is -0.463 e. The van der Waals surface area contributed by atoms with Crippen LogP contribution in [-0.4, -0.2) is 124 Å². The minimum absolute atomic E-state index is 0.308. The molecule has 10 atom stereocenters. The minimum atomic E-state index is -3.27. The lowest BCUT2D eigenvalue weighted by atomic mass is 9.97. The topological polar surface area (TPSA) is 215 Å². The summed E-state index contributed by atoms with van der Waals surface area (Å²) in [5, 5.41) is 13.2. The molecule has 2 aromatic carbocycles. The van der Waals surface area contributed by atoms with E-state index in [0.717, 1.165) is 51.9 Å². The summed E-state index contributed by atoms with van der Waals surface area (Å²) < 4.78 is 58.6. The molecule has 0 radical (unpaired) electrons. The number of benzene rings is 2. The lowest BCUT2D eigenvalue weighted by Gasteiger charge is -2.48. The summed E-state index contributed by atoms with van der Waals surface area (Å²) >= 11 is 0. The summed E-state index contributed by atoms with van der Waals surface area (Å²) in [5.74, 6) is -5.08. The molecule has 0 unspecified atom stereocenters. The maximum atomic E-state index is 12.6. The summed E-state index contributed by atoms with van der Waals surface area (Å²) in [6.45, 7) is 11.8. The van der Waals surface area contributed by atoms with E-state index in [4.69, 9.17) is 47.1 Å². The van der Waals surface area contributed by atoms with Gasteiger partial charge in [0.1, 0.15) is 24.9 Å². The normalized spacial score (nSPS) is 27.3. The molecule has 0 aromatic heterocycles. The highest BCUT2D eigenvalue weighted by atomic mass is 28.4. The third-order valence-corrected chi connectivity index (χ3v) is 14.3. The van der Waals surface area contributed by atoms with Crippen LogP contribution in [0.1, 0.15) is 62.3 Å². The third kappa shape index (κ3) is 11.3. The van der Waals surface area contributed by atoms with Crippen molar-refractivity contribution in [3.05, 3.63) is 60.7 Å². The summed E-state index contributed by atoms with van der Waals surface area (Å²) in [5.41, 5.74) is 0. The first kappa shape index (κ1) is 46.0. The Bertz CT molecular complexity index is 1710. The van der Waals surface area contributed by atoms with Gasteiger partial charge in [-0.1, -0.05) is 81.4 Å². The average molecular weight is 833 g/mol. The van der Waals surface area contributed by atoms with Crippen LogP contribution < -0.4 is 10.4 Å². The van der Waals surface area contributed by atoms with E-state index in [0.29, 0.717) is 0 Å². The number of esters is 6. The average Bonchev–Trinajstić information content (AvgIpc) is 3.12. The van der Waals surface area contributed by atoms with Crippen molar-refractivity contribution in [2.24, 2.45) is 0 Å². The number of rotatable bonds is 14. The zero-order chi connectivity index (χ0) is 42.9. The molecule has 1 N–H and O–H groups in total. The van der Waals surface area contributed by atoms with Gasteiger partial charge >= 0.3 is 35.8 Å². The van der Waals surface area contributed by atoms with Gasteiger partial charge in [0.2, 0.25) is 12.6 Å². The summed E-state index contributed by atoms with van der Waals surface area (Å²) in [7, 11) is -3.27. The Labute approximate surface area is 337 Å². The molecule has 2 fully saturated rings. The molecule has 2 aliphatic rings. The van der Waals surface area contributed by atoms with Gasteiger partial charge in [0.25, 0.3) is 8.32 Å². The lowest BCUT2D eigenvalue weighted by Crippen LogP contribution is -2.69. The number of hydrogen-bond donors (Lipinski definition) is 1. The van der Waals surface area contributed by atoms with E-state index in [1.165, 1.54) is 0 Å². The number of ether oxygens (including phenoxy) is 9. The van der Waals surface area contributed by atoms with Gasteiger partial charge in [-0.25, -0.2) is 0 Å². The summed E-state index contributed by atoms with van der Waals surface area (Å²) in [6.07, 6.45) is -16.0. The largest absolute Gasteiger partial charge is 0.463 e. The van der Waals surface area contributed by atoms with E-state index >= 15 is 0 Å². The molecule has 17 nitrogen and oxygen atoms in total. The predicted molar refractivity (Wildman–Crippen MR) is 202 cm³/mol. The first-order chi connectivity index (χ1) is 27.2. The van der Waals surface area contributed by atoms with Crippen molar-refractivity contribution in [1.82, 2.24) is 0 Å². The Morgan fingerprint density at radius 3 is 1.38 bits per heavy atom. The van der Waals surface area contributed by atoms with Crippen LogP contribution in [0.4, 0.5) is 0 Å². The molecule has 0 aliphatic carbocycles. The van der Waals surface area contributed by atoms with Crippen molar-refractivity contribution >= 4 is 54.5 Å². The molecule has 18 heteroatoms.